The van der Waals surface area contributed by atoms with Crippen LogP contribution in [0, 0.1) is 0 Å². The van der Waals surface area contributed by atoms with E-state index in [1.54, 1.807) is 16.2 Å². The zero-order valence-corrected chi connectivity index (χ0v) is 10.9. The van der Waals surface area contributed by atoms with E-state index in [1.807, 2.05) is 17.5 Å². The van der Waals surface area contributed by atoms with Crippen LogP contribution in [0.2, 0.25) is 0 Å². The molecule has 98 valence electrons. The molecular formula is C12H16N2O3S. The second-order valence-electron chi connectivity index (χ2n) is 4.03. The Hall–Kier alpha value is -1.56. The third-order valence-corrected chi connectivity index (χ3v) is 3.66. The van der Waals surface area contributed by atoms with E-state index in [0.29, 0.717) is 32.7 Å². The molecule has 1 N–H and O–H groups in total. The molecule has 6 heteroatoms. The Bertz CT molecular complexity index is 405. The summed E-state index contributed by atoms with van der Waals surface area (Å²) >= 11 is 1.66. The summed E-state index contributed by atoms with van der Waals surface area (Å²) in [5.41, 5.74) is 0. The Balaban J connectivity index is 1.58. The first kappa shape index (κ1) is 12.9. The first-order valence-corrected chi connectivity index (χ1v) is 6.84. The zero-order chi connectivity index (χ0) is 12.8. The Morgan fingerprint density at radius 3 is 3.11 bits per heavy atom. The number of rotatable bonds is 6. The van der Waals surface area contributed by atoms with Crippen molar-refractivity contribution in [3.05, 3.63) is 22.4 Å². The van der Waals surface area contributed by atoms with Gasteiger partial charge in [0.15, 0.2) is 0 Å². The molecule has 0 spiro atoms. The highest BCUT2D eigenvalue weighted by molar-refractivity contribution is 7.09. The molecule has 0 aliphatic carbocycles. The van der Waals surface area contributed by atoms with Crippen molar-refractivity contribution in [3.8, 4) is 0 Å². The molecule has 1 aliphatic heterocycles. The smallest absolute Gasteiger partial charge is 0.409 e. The molecule has 0 atom stereocenters. The zero-order valence-electron chi connectivity index (χ0n) is 10.1. The molecule has 1 aliphatic rings. The van der Waals surface area contributed by atoms with Gasteiger partial charge in [0.05, 0.1) is 6.54 Å². The second kappa shape index (κ2) is 6.39. The van der Waals surface area contributed by atoms with Crippen molar-refractivity contribution in [3.63, 3.8) is 0 Å². The molecule has 2 heterocycles. The van der Waals surface area contributed by atoms with Gasteiger partial charge in [-0.05, 0) is 17.9 Å². The van der Waals surface area contributed by atoms with Gasteiger partial charge in [0.1, 0.15) is 6.61 Å². The average molecular weight is 268 g/mol. The largest absolute Gasteiger partial charge is 0.448 e. The third kappa shape index (κ3) is 3.73. The van der Waals surface area contributed by atoms with Gasteiger partial charge in [0, 0.05) is 24.4 Å². The highest BCUT2D eigenvalue weighted by atomic mass is 32.1. The molecule has 2 amide bonds. The summed E-state index contributed by atoms with van der Waals surface area (Å²) < 4.78 is 4.80. The molecule has 1 saturated heterocycles. The fourth-order valence-corrected chi connectivity index (χ4v) is 2.45. The number of hydrogen-bond donors (Lipinski definition) is 1. The maximum Gasteiger partial charge on any atom is 0.409 e. The SMILES string of the molecule is O=C(CCc1cccs1)NCCN1CCOC1=O. The van der Waals surface area contributed by atoms with Gasteiger partial charge in [-0.15, -0.1) is 11.3 Å². The van der Waals surface area contributed by atoms with Crippen molar-refractivity contribution in [2.45, 2.75) is 12.8 Å². The van der Waals surface area contributed by atoms with E-state index in [-0.39, 0.29) is 12.0 Å². The van der Waals surface area contributed by atoms with E-state index in [0.717, 1.165) is 6.42 Å². The van der Waals surface area contributed by atoms with Crippen LogP contribution in [0.1, 0.15) is 11.3 Å². The van der Waals surface area contributed by atoms with Crippen molar-refractivity contribution >= 4 is 23.3 Å². The van der Waals surface area contributed by atoms with Crippen LogP contribution in [0.3, 0.4) is 0 Å². The van der Waals surface area contributed by atoms with Crippen LogP contribution in [0.4, 0.5) is 4.79 Å². The van der Waals surface area contributed by atoms with Crippen molar-refractivity contribution in [1.82, 2.24) is 10.2 Å². The predicted molar refractivity (Wildman–Crippen MR) is 68.6 cm³/mol. The number of carbonyl (C=O) groups excluding carboxylic acids is 2. The topological polar surface area (TPSA) is 58.6 Å². The van der Waals surface area contributed by atoms with Crippen molar-refractivity contribution in [2.75, 3.05) is 26.2 Å². The first-order chi connectivity index (χ1) is 8.75. The van der Waals surface area contributed by atoms with Gasteiger partial charge in [0.25, 0.3) is 0 Å². The highest BCUT2D eigenvalue weighted by Crippen LogP contribution is 2.10. The summed E-state index contributed by atoms with van der Waals surface area (Å²) in [7, 11) is 0. The van der Waals surface area contributed by atoms with E-state index in [9.17, 15) is 9.59 Å². The number of nitrogens with one attached hydrogen (secondary N) is 1. The Labute approximate surface area is 110 Å². The van der Waals surface area contributed by atoms with Gasteiger partial charge in [0.2, 0.25) is 5.91 Å². The van der Waals surface area contributed by atoms with E-state index in [2.05, 4.69) is 5.32 Å². The highest BCUT2D eigenvalue weighted by Gasteiger charge is 2.20. The molecule has 0 unspecified atom stereocenters. The van der Waals surface area contributed by atoms with Crippen LogP contribution in [-0.2, 0) is 16.0 Å². The molecule has 1 aromatic heterocycles. The molecule has 0 saturated carbocycles. The molecule has 5 nitrogen and oxygen atoms in total. The third-order valence-electron chi connectivity index (χ3n) is 2.73. The molecular weight excluding hydrogens is 252 g/mol. The summed E-state index contributed by atoms with van der Waals surface area (Å²) in [6, 6.07) is 4.01. The number of carbonyl (C=O) groups is 2. The van der Waals surface area contributed by atoms with E-state index in [1.165, 1.54) is 4.88 Å². The van der Waals surface area contributed by atoms with E-state index < -0.39 is 0 Å². The molecule has 18 heavy (non-hydrogen) atoms. The average Bonchev–Trinajstić information content (AvgIpc) is 2.99. The molecule has 0 radical (unpaired) electrons. The molecule has 1 aromatic rings. The number of ether oxygens (including phenoxy) is 1. The molecule has 1 fully saturated rings. The monoisotopic (exact) mass is 268 g/mol. The number of aryl methyl sites for hydroxylation is 1. The van der Waals surface area contributed by atoms with Crippen molar-refractivity contribution in [2.24, 2.45) is 0 Å². The standard InChI is InChI=1S/C12H16N2O3S/c15-11(4-3-10-2-1-9-18-10)13-5-6-14-7-8-17-12(14)16/h1-2,9H,3-8H2,(H,13,15). The summed E-state index contributed by atoms with van der Waals surface area (Å²) in [5, 5.41) is 4.81. The van der Waals surface area contributed by atoms with Crippen molar-refractivity contribution < 1.29 is 14.3 Å². The van der Waals surface area contributed by atoms with E-state index in [4.69, 9.17) is 4.74 Å². The van der Waals surface area contributed by atoms with Gasteiger partial charge < -0.3 is 15.0 Å². The minimum atomic E-state index is -0.289. The Kier molecular flexibility index (Phi) is 4.58. The van der Waals surface area contributed by atoms with E-state index >= 15 is 0 Å². The summed E-state index contributed by atoms with van der Waals surface area (Å²) in [6.07, 6.45) is 0.975. The Morgan fingerprint density at radius 2 is 2.44 bits per heavy atom. The van der Waals surface area contributed by atoms with Crippen LogP contribution in [0.25, 0.3) is 0 Å². The normalized spacial score (nSPS) is 14.7. The lowest BCUT2D eigenvalue weighted by atomic mass is 10.2. The quantitative estimate of drug-likeness (QED) is 0.844. The van der Waals surface area contributed by atoms with Crippen LogP contribution in [0.15, 0.2) is 17.5 Å². The molecule has 2 rings (SSSR count). The van der Waals surface area contributed by atoms with Gasteiger partial charge in [-0.1, -0.05) is 6.07 Å². The number of hydrogen-bond acceptors (Lipinski definition) is 4. The molecule has 0 bridgehead atoms. The maximum atomic E-state index is 11.6. The number of nitrogens with zero attached hydrogens (tertiary/aromatic N) is 1. The fourth-order valence-electron chi connectivity index (χ4n) is 1.74. The van der Waals surface area contributed by atoms with Gasteiger partial charge in [-0.25, -0.2) is 4.79 Å². The molecule has 0 aromatic carbocycles. The minimum Gasteiger partial charge on any atom is -0.448 e. The lowest BCUT2D eigenvalue weighted by Gasteiger charge is -2.12. The lowest BCUT2D eigenvalue weighted by Crippen LogP contribution is -2.35. The second-order valence-corrected chi connectivity index (χ2v) is 5.06. The first-order valence-electron chi connectivity index (χ1n) is 5.96. The van der Waals surface area contributed by atoms with Crippen LogP contribution in [0.5, 0.6) is 0 Å². The van der Waals surface area contributed by atoms with Crippen LogP contribution >= 0.6 is 11.3 Å². The minimum absolute atomic E-state index is 0.0240. The number of thiophene rings is 1. The fraction of sp³-hybridized carbons (Fsp3) is 0.500. The van der Waals surface area contributed by atoms with Crippen LogP contribution < -0.4 is 5.32 Å². The predicted octanol–water partition coefficient (Wildman–Crippen LogP) is 1.25. The van der Waals surface area contributed by atoms with Crippen LogP contribution in [-0.4, -0.2) is 43.1 Å². The van der Waals surface area contributed by atoms with Gasteiger partial charge in [-0.3, -0.25) is 4.79 Å². The van der Waals surface area contributed by atoms with Crippen molar-refractivity contribution in [1.29, 1.82) is 0 Å². The summed E-state index contributed by atoms with van der Waals surface area (Å²) in [4.78, 5) is 25.5. The maximum absolute atomic E-state index is 11.6. The summed E-state index contributed by atoms with van der Waals surface area (Å²) in [5.74, 6) is 0.0240. The summed E-state index contributed by atoms with van der Waals surface area (Å²) in [6.45, 7) is 2.07. The lowest BCUT2D eigenvalue weighted by molar-refractivity contribution is -0.121. The number of amides is 2. The Morgan fingerprint density at radius 1 is 1.56 bits per heavy atom. The van der Waals surface area contributed by atoms with Gasteiger partial charge in [-0.2, -0.15) is 0 Å². The van der Waals surface area contributed by atoms with Gasteiger partial charge >= 0.3 is 6.09 Å². The number of cyclic esters (lactones) is 1.